The normalized spacial score (nSPS) is 15.0. The fraction of sp³-hybridized carbons (Fsp3) is 0.208. The van der Waals surface area contributed by atoms with Crippen molar-refractivity contribution < 1.29 is 9.53 Å². The van der Waals surface area contributed by atoms with Crippen LogP contribution in [0.3, 0.4) is 0 Å². The van der Waals surface area contributed by atoms with E-state index in [9.17, 15) is 4.79 Å². The van der Waals surface area contributed by atoms with Gasteiger partial charge in [-0.2, -0.15) is 5.10 Å². The van der Waals surface area contributed by atoms with Crippen molar-refractivity contribution in [2.24, 2.45) is 7.05 Å². The lowest BCUT2D eigenvalue weighted by Crippen LogP contribution is -2.32. The summed E-state index contributed by atoms with van der Waals surface area (Å²) in [6.07, 6.45) is 7.18. The third-order valence-corrected chi connectivity index (χ3v) is 6.01. The molecule has 0 fully saturated rings. The van der Waals surface area contributed by atoms with Crippen LogP contribution in [0.4, 0.5) is 5.82 Å². The highest BCUT2D eigenvalue weighted by Crippen LogP contribution is 2.37. The number of hydrogen-bond acceptors (Lipinski definition) is 5. The molecule has 0 bridgehead atoms. The number of hydrogen-bond donors (Lipinski definition) is 1. The van der Waals surface area contributed by atoms with Crippen molar-refractivity contribution >= 4 is 33.5 Å². The van der Waals surface area contributed by atoms with Gasteiger partial charge >= 0.3 is 0 Å². The van der Waals surface area contributed by atoms with Gasteiger partial charge in [-0.05, 0) is 36.8 Å². The second kappa shape index (κ2) is 6.74. The quantitative estimate of drug-likeness (QED) is 0.512. The fourth-order valence-corrected chi connectivity index (χ4v) is 4.27. The van der Waals surface area contributed by atoms with Crippen LogP contribution in [-0.4, -0.2) is 39.2 Å². The summed E-state index contributed by atoms with van der Waals surface area (Å²) in [5, 5.41) is 5.92. The summed E-state index contributed by atoms with van der Waals surface area (Å²) in [5.41, 5.74) is 10.9. The Bertz CT molecular complexity index is 1430. The van der Waals surface area contributed by atoms with Crippen molar-refractivity contribution in [3.8, 4) is 18.1 Å². The zero-order valence-corrected chi connectivity index (χ0v) is 17.5. The third kappa shape index (κ3) is 2.80. The maximum atomic E-state index is 13.5. The summed E-state index contributed by atoms with van der Waals surface area (Å²) in [6.45, 7) is 2.30. The van der Waals surface area contributed by atoms with E-state index in [2.05, 4.69) is 16.0 Å². The number of aryl methyl sites for hydroxylation is 2. The number of anilines is 1. The Kier molecular flexibility index (Phi) is 4.12. The van der Waals surface area contributed by atoms with Gasteiger partial charge in [0.2, 0.25) is 0 Å². The number of carbonyl (C=O) groups is 1. The van der Waals surface area contributed by atoms with Crippen LogP contribution in [0.25, 0.3) is 21.8 Å². The molecule has 0 aliphatic carbocycles. The van der Waals surface area contributed by atoms with Crippen molar-refractivity contribution in [1.29, 1.82) is 0 Å². The molecule has 31 heavy (non-hydrogen) atoms. The highest BCUT2D eigenvalue weighted by Gasteiger charge is 2.31. The first-order chi connectivity index (χ1) is 14.9. The maximum Gasteiger partial charge on any atom is 0.254 e. The Morgan fingerprint density at radius 1 is 1.32 bits per heavy atom. The molecule has 0 spiro atoms. The molecule has 3 heterocycles. The van der Waals surface area contributed by atoms with E-state index in [0.717, 1.165) is 44.2 Å². The predicted molar refractivity (Wildman–Crippen MR) is 120 cm³/mol. The minimum absolute atomic E-state index is 0.0889. The lowest BCUT2D eigenvalue weighted by molar-refractivity contribution is 0.0708. The van der Waals surface area contributed by atoms with Crippen molar-refractivity contribution in [3.63, 3.8) is 0 Å². The van der Waals surface area contributed by atoms with E-state index >= 15 is 0 Å². The van der Waals surface area contributed by atoms with Gasteiger partial charge in [-0.15, -0.1) is 6.42 Å². The first-order valence-electron chi connectivity index (χ1n) is 9.91. The molecule has 2 aromatic carbocycles. The molecule has 0 saturated carbocycles. The Morgan fingerprint density at radius 2 is 2.13 bits per heavy atom. The van der Waals surface area contributed by atoms with Gasteiger partial charge in [0.05, 0.1) is 28.7 Å². The molecule has 1 unspecified atom stereocenters. The van der Waals surface area contributed by atoms with Crippen LogP contribution in [-0.2, 0) is 7.05 Å². The molecule has 2 N–H and O–H groups in total. The minimum Gasteiger partial charge on any atom is -0.491 e. The average molecular weight is 411 g/mol. The summed E-state index contributed by atoms with van der Waals surface area (Å²) in [5.74, 6) is 3.68. The summed E-state index contributed by atoms with van der Waals surface area (Å²) in [7, 11) is 3.65. The summed E-state index contributed by atoms with van der Waals surface area (Å²) in [6, 6.07) is 9.24. The van der Waals surface area contributed by atoms with Crippen LogP contribution in [0, 0.1) is 19.3 Å². The molecule has 1 aliphatic heterocycles. The van der Waals surface area contributed by atoms with Crippen molar-refractivity contribution in [3.05, 3.63) is 58.8 Å². The molecule has 1 aliphatic rings. The van der Waals surface area contributed by atoms with Crippen molar-refractivity contribution in [2.75, 3.05) is 19.4 Å². The van der Waals surface area contributed by atoms with Gasteiger partial charge in [-0.1, -0.05) is 12.0 Å². The molecular weight excluding hydrogens is 390 g/mol. The minimum atomic E-state index is -0.189. The molecule has 1 atom stereocenters. The molecule has 154 valence electrons. The molecule has 7 heteroatoms. The van der Waals surface area contributed by atoms with Crippen LogP contribution in [0.2, 0.25) is 0 Å². The Morgan fingerprint density at radius 3 is 2.90 bits per heavy atom. The number of benzene rings is 2. The first-order valence-corrected chi connectivity index (χ1v) is 9.91. The lowest BCUT2D eigenvalue weighted by atomic mass is 10.0. The third-order valence-electron chi connectivity index (χ3n) is 6.01. The van der Waals surface area contributed by atoms with Gasteiger partial charge in [0.1, 0.15) is 18.2 Å². The van der Waals surface area contributed by atoms with E-state index in [1.165, 1.54) is 0 Å². The SMILES string of the molecule is C#Cc1ccc2c(c1)OCC2N(C)C(=O)c1cc2c(cc1C)nc(N)c1cnn(C)c12. The Hall–Kier alpha value is -4.05. The van der Waals surface area contributed by atoms with E-state index in [1.807, 2.05) is 44.3 Å². The van der Waals surface area contributed by atoms with E-state index in [1.54, 1.807) is 22.8 Å². The molecule has 4 aromatic rings. The second-order valence-corrected chi connectivity index (χ2v) is 7.85. The largest absolute Gasteiger partial charge is 0.491 e. The standard InChI is InChI=1S/C24H21N5O2/c1-5-14-6-7-15-20(12-31-21(15)9-14)28(3)24(30)16-10-17-19(8-13(16)2)27-23(25)18-11-26-29(4)22(17)18/h1,6-11,20H,12H2,2-4H3,(H2,25,27). The fourth-order valence-electron chi connectivity index (χ4n) is 4.27. The number of likely N-dealkylation sites (N-methyl/N-ethyl adjacent to an activating group) is 1. The zero-order valence-electron chi connectivity index (χ0n) is 17.5. The summed E-state index contributed by atoms with van der Waals surface area (Å²) >= 11 is 0. The number of aromatic nitrogens is 3. The number of nitrogen functional groups attached to an aromatic ring is 1. The van der Waals surface area contributed by atoms with Gasteiger partial charge in [0, 0.05) is 36.2 Å². The molecular formula is C24H21N5O2. The number of carbonyl (C=O) groups excluding carboxylic acids is 1. The number of nitrogens with zero attached hydrogens (tertiary/aromatic N) is 4. The maximum absolute atomic E-state index is 13.5. The lowest BCUT2D eigenvalue weighted by Gasteiger charge is -2.24. The number of terminal acetylenes is 1. The topological polar surface area (TPSA) is 86.3 Å². The average Bonchev–Trinajstić information content (AvgIpc) is 3.36. The number of fused-ring (bicyclic) bond motifs is 4. The number of rotatable bonds is 2. The van der Waals surface area contributed by atoms with Crippen LogP contribution in [0.5, 0.6) is 5.75 Å². The van der Waals surface area contributed by atoms with E-state index in [0.29, 0.717) is 18.0 Å². The van der Waals surface area contributed by atoms with Gasteiger partial charge < -0.3 is 15.4 Å². The van der Waals surface area contributed by atoms with Crippen LogP contribution in [0.15, 0.2) is 36.5 Å². The highest BCUT2D eigenvalue weighted by molar-refractivity contribution is 6.10. The van der Waals surface area contributed by atoms with E-state index in [4.69, 9.17) is 16.9 Å². The number of nitrogens with two attached hydrogens (primary N) is 1. The van der Waals surface area contributed by atoms with E-state index in [-0.39, 0.29) is 11.9 Å². The highest BCUT2D eigenvalue weighted by atomic mass is 16.5. The van der Waals surface area contributed by atoms with Gasteiger partial charge in [0.15, 0.2) is 0 Å². The summed E-state index contributed by atoms with van der Waals surface area (Å²) < 4.78 is 7.57. The van der Waals surface area contributed by atoms with Crippen molar-refractivity contribution in [1.82, 2.24) is 19.7 Å². The Labute approximate surface area is 179 Å². The first kappa shape index (κ1) is 18.9. The Balaban J connectivity index is 1.58. The second-order valence-electron chi connectivity index (χ2n) is 7.85. The molecule has 0 radical (unpaired) electrons. The van der Waals surface area contributed by atoms with Gasteiger partial charge in [0.25, 0.3) is 5.91 Å². The van der Waals surface area contributed by atoms with Gasteiger partial charge in [-0.25, -0.2) is 4.98 Å². The molecule has 5 rings (SSSR count). The van der Waals surface area contributed by atoms with E-state index < -0.39 is 0 Å². The number of pyridine rings is 1. The molecule has 1 amide bonds. The van der Waals surface area contributed by atoms with Crippen LogP contribution < -0.4 is 10.5 Å². The van der Waals surface area contributed by atoms with Crippen molar-refractivity contribution in [2.45, 2.75) is 13.0 Å². The molecule has 2 aromatic heterocycles. The molecule has 0 saturated heterocycles. The smallest absolute Gasteiger partial charge is 0.254 e. The van der Waals surface area contributed by atoms with Crippen LogP contribution in [0.1, 0.15) is 33.1 Å². The van der Waals surface area contributed by atoms with Crippen LogP contribution >= 0.6 is 0 Å². The molecule has 7 nitrogen and oxygen atoms in total. The summed E-state index contributed by atoms with van der Waals surface area (Å²) in [4.78, 5) is 19.8. The van der Waals surface area contributed by atoms with Gasteiger partial charge in [-0.3, -0.25) is 9.48 Å². The number of amides is 1. The zero-order chi connectivity index (χ0) is 21.9. The predicted octanol–water partition coefficient (Wildman–Crippen LogP) is 3.20. The monoisotopic (exact) mass is 411 g/mol. The number of ether oxygens (including phenoxy) is 1.